The SMILES string of the molecule is C=CC1=C(C(=O)O)C(c2cccs2)OC1. The number of carboxylic acids is 1. The molecule has 0 spiro atoms. The fraction of sp³-hybridized carbons (Fsp3) is 0.182. The van der Waals surface area contributed by atoms with Crippen LogP contribution in [-0.4, -0.2) is 17.7 Å². The fourth-order valence-corrected chi connectivity index (χ4v) is 2.37. The van der Waals surface area contributed by atoms with Crippen molar-refractivity contribution in [1.29, 1.82) is 0 Å². The third-order valence-corrected chi connectivity index (χ3v) is 3.21. The van der Waals surface area contributed by atoms with Gasteiger partial charge in [0.05, 0.1) is 12.2 Å². The van der Waals surface area contributed by atoms with Crippen LogP contribution in [0.25, 0.3) is 0 Å². The molecule has 2 heterocycles. The molecule has 0 saturated carbocycles. The van der Waals surface area contributed by atoms with E-state index in [1.807, 2.05) is 17.5 Å². The minimum absolute atomic E-state index is 0.312. The van der Waals surface area contributed by atoms with E-state index in [1.54, 1.807) is 6.08 Å². The van der Waals surface area contributed by atoms with Crippen molar-refractivity contribution in [1.82, 2.24) is 0 Å². The number of carboxylic acid groups (broad SMARTS) is 1. The lowest BCUT2D eigenvalue weighted by Crippen LogP contribution is -2.08. The molecule has 1 aromatic heterocycles. The maximum atomic E-state index is 11.1. The number of hydrogen-bond donors (Lipinski definition) is 1. The predicted octanol–water partition coefficient (Wildman–Crippen LogP) is 2.39. The molecule has 4 heteroatoms. The Bertz CT molecular complexity index is 417. The van der Waals surface area contributed by atoms with E-state index in [-0.39, 0.29) is 0 Å². The van der Waals surface area contributed by atoms with Gasteiger partial charge >= 0.3 is 5.97 Å². The molecule has 0 amide bonds. The number of carbonyl (C=O) groups is 1. The van der Waals surface area contributed by atoms with Crippen LogP contribution in [0.4, 0.5) is 0 Å². The number of rotatable bonds is 3. The number of thiophene rings is 1. The Kier molecular flexibility index (Phi) is 2.70. The Labute approximate surface area is 91.3 Å². The van der Waals surface area contributed by atoms with Gasteiger partial charge in [-0.15, -0.1) is 11.3 Å². The normalized spacial score (nSPS) is 20.7. The predicted molar refractivity (Wildman–Crippen MR) is 57.9 cm³/mol. The minimum Gasteiger partial charge on any atom is -0.478 e. The van der Waals surface area contributed by atoms with Crippen LogP contribution >= 0.6 is 11.3 Å². The van der Waals surface area contributed by atoms with Crippen LogP contribution < -0.4 is 0 Å². The smallest absolute Gasteiger partial charge is 0.334 e. The highest BCUT2D eigenvalue weighted by molar-refractivity contribution is 7.10. The zero-order valence-electron chi connectivity index (χ0n) is 7.97. The summed E-state index contributed by atoms with van der Waals surface area (Å²) in [5.41, 5.74) is 0.980. The summed E-state index contributed by atoms with van der Waals surface area (Å²) < 4.78 is 5.46. The molecule has 2 rings (SSSR count). The van der Waals surface area contributed by atoms with E-state index in [2.05, 4.69) is 6.58 Å². The largest absolute Gasteiger partial charge is 0.478 e. The quantitative estimate of drug-likeness (QED) is 0.854. The summed E-state index contributed by atoms with van der Waals surface area (Å²) in [7, 11) is 0. The Morgan fingerprint density at radius 1 is 1.73 bits per heavy atom. The first-order chi connectivity index (χ1) is 7.24. The molecule has 0 aliphatic carbocycles. The zero-order valence-corrected chi connectivity index (χ0v) is 8.79. The number of aliphatic carboxylic acids is 1. The molecule has 0 saturated heterocycles. The van der Waals surface area contributed by atoms with Crippen LogP contribution in [0, 0.1) is 0 Å². The molecule has 3 nitrogen and oxygen atoms in total. The Balaban J connectivity index is 2.40. The molecule has 78 valence electrons. The molecule has 1 aliphatic rings. The molecule has 0 fully saturated rings. The van der Waals surface area contributed by atoms with Gasteiger partial charge in [-0.25, -0.2) is 4.79 Å². The molecular formula is C11H10O3S. The van der Waals surface area contributed by atoms with Gasteiger partial charge in [0.2, 0.25) is 0 Å². The highest BCUT2D eigenvalue weighted by atomic mass is 32.1. The fourth-order valence-electron chi connectivity index (χ4n) is 1.59. The number of hydrogen-bond acceptors (Lipinski definition) is 3. The Morgan fingerprint density at radius 2 is 2.53 bits per heavy atom. The molecule has 0 aromatic carbocycles. The van der Waals surface area contributed by atoms with Crippen molar-refractivity contribution in [2.75, 3.05) is 6.61 Å². The monoisotopic (exact) mass is 222 g/mol. The maximum absolute atomic E-state index is 11.1. The van der Waals surface area contributed by atoms with Crippen molar-refractivity contribution in [2.45, 2.75) is 6.10 Å². The van der Waals surface area contributed by atoms with E-state index in [0.717, 1.165) is 4.88 Å². The van der Waals surface area contributed by atoms with E-state index < -0.39 is 12.1 Å². The van der Waals surface area contributed by atoms with E-state index in [9.17, 15) is 4.79 Å². The van der Waals surface area contributed by atoms with Crippen LogP contribution in [0.15, 0.2) is 41.3 Å². The highest BCUT2D eigenvalue weighted by Gasteiger charge is 2.31. The standard InChI is InChI=1S/C11H10O3S/c1-2-7-6-14-10(9(7)11(12)13)8-4-3-5-15-8/h2-5,10H,1,6H2,(H,12,13). The molecule has 0 radical (unpaired) electrons. The summed E-state index contributed by atoms with van der Waals surface area (Å²) in [5, 5.41) is 11.0. The van der Waals surface area contributed by atoms with Gasteiger partial charge in [-0.3, -0.25) is 0 Å². The topological polar surface area (TPSA) is 46.5 Å². The van der Waals surface area contributed by atoms with Gasteiger partial charge in [-0.2, -0.15) is 0 Å². The van der Waals surface area contributed by atoms with E-state index in [0.29, 0.717) is 17.8 Å². The second-order valence-corrected chi connectivity index (χ2v) is 4.13. The average molecular weight is 222 g/mol. The van der Waals surface area contributed by atoms with Crippen molar-refractivity contribution in [3.63, 3.8) is 0 Å². The minimum atomic E-state index is -0.930. The summed E-state index contributed by atoms with van der Waals surface area (Å²) in [5.74, 6) is -0.930. The van der Waals surface area contributed by atoms with Crippen molar-refractivity contribution < 1.29 is 14.6 Å². The van der Waals surface area contributed by atoms with Crippen LogP contribution in [0.2, 0.25) is 0 Å². The summed E-state index contributed by atoms with van der Waals surface area (Å²) in [6, 6.07) is 3.76. The second-order valence-electron chi connectivity index (χ2n) is 3.15. The summed E-state index contributed by atoms with van der Waals surface area (Å²) >= 11 is 1.50. The van der Waals surface area contributed by atoms with Crippen molar-refractivity contribution in [3.05, 3.63) is 46.2 Å². The summed E-state index contributed by atoms with van der Waals surface area (Å²) in [6.45, 7) is 3.92. The van der Waals surface area contributed by atoms with Crippen molar-refractivity contribution >= 4 is 17.3 Å². The van der Waals surface area contributed by atoms with Crippen LogP contribution in [0.1, 0.15) is 11.0 Å². The van der Waals surface area contributed by atoms with Gasteiger partial charge < -0.3 is 9.84 Å². The molecule has 1 aliphatic heterocycles. The molecule has 1 atom stereocenters. The van der Waals surface area contributed by atoms with Gasteiger partial charge in [-0.05, 0) is 17.0 Å². The number of ether oxygens (including phenoxy) is 1. The van der Waals surface area contributed by atoms with Gasteiger partial charge in [0.1, 0.15) is 6.10 Å². The highest BCUT2D eigenvalue weighted by Crippen LogP contribution is 2.36. The van der Waals surface area contributed by atoms with Crippen molar-refractivity contribution in [2.24, 2.45) is 0 Å². The van der Waals surface area contributed by atoms with Crippen LogP contribution in [-0.2, 0) is 9.53 Å². The van der Waals surface area contributed by atoms with Gasteiger partial charge in [0.15, 0.2) is 0 Å². The first-order valence-corrected chi connectivity index (χ1v) is 5.35. The lowest BCUT2D eigenvalue weighted by atomic mass is 10.1. The lowest BCUT2D eigenvalue weighted by molar-refractivity contribution is -0.133. The van der Waals surface area contributed by atoms with Gasteiger partial charge in [0, 0.05) is 4.88 Å². The van der Waals surface area contributed by atoms with Crippen LogP contribution in [0.5, 0.6) is 0 Å². The third kappa shape index (κ3) is 1.73. The molecule has 1 aromatic rings. The Morgan fingerprint density at radius 3 is 3.07 bits per heavy atom. The molecule has 1 N–H and O–H groups in total. The van der Waals surface area contributed by atoms with Gasteiger partial charge in [-0.1, -0.05) is 18.7 Å². The van der Waals surface area contributed by atoms with E-state index >= 15 is 0 Å². The average Bonchev–Trinajstić information content (AvgIpc) is 2.85. The second kappa shape index (κ2) is 4.00. The third-order valence-electron chi connectivity index (χ3n) is 2.29. The van der Waals surface area contributed by atoms with E-state index in [1.165, 1.54) is 11.3 Å². The molecular weight excluding hydrogens is 212 g/mol. The first-order valence-electron chi connectivity index (χ1n) is 4.48. The first kappa shape index (κ1) is 10.1. The Hall–Kier alpha value is -1.39. The summed E-state index contributed by atoms with van der Waals surface area (Å²) in [6.07, 6.45) is 1.12. The maximum Gasteiger partial charge on any atom is 0.334 e. The molecule has 0 bridgehead atoms. The zero-order chi connectivity index (χ0) is 10.8. The van der Waals surface area contributed by atoms with Gasteiger partial charge in [0.25, 0.3) is 0 Å². The molecule has 1 unspecified atom stereocenters. The van der Waals surface area contributed by atoms with E-state index in [4.69, 9.17) is 9.84 Å². The summed E-state index contributed by atoms with van der Waals surface area (Å²) in [4.78, 5) is 12.0. The van der Waals surface area contributed by atoms with Crippen molar-refractivity contribution in [3.8, 4) is 0 Å². The molecule has 15 heavy (non-hydrogen) atoms. The lowest BCUT2D eigenvalue weighted by Gasteiger charge is -2.08. The van der Waals surface area contributed by atoms with Crippen LogP contribution in [0.3, 0.4) is 0 Å².